The van der Waals surface area contributed by atoms with Crippen LogP contribution < -0.4 is 10.6 Å². The Morgan fingerprint density at radius 2 is 2.03 bits per heavy atom. The molecule has 7 nitrogen and oxygen atoms in total. The van der Waals surface area contributed by atoms with Crippen molar-refractivity contribution in [1.82, 2.24) is 25.4 Å². The Balaban J connectivity index is 0.00000240. The number of piperidine rings is 1. The van der Waals surface area contributed by atoms with Crippen LogP contribution in [0.25, 0.3) is 11.5 Å². The maximum Gasteiger partial charge on any atom is 0.248 e. The highest BCUT2D eigenvalue weighted by molar-refractivity contribution is 5.85. The van der Waals surface area contributed by atoms with Crippen molar-refractivity contribution < 1.29 is 9.21 Å². The molecule has 1 aliphatic heterocycles. The second-order valence-corrected chi connectivity index (χ2v) is 7.25. The molecule has 1 amide bonds. The summed E-state index contributed by atoms with van der Waals surface area (Å²) in [4.78, 5) is 17.6. The predicted octanol–water partition coefficient (Wildman–Crippen LogP) is 2.71. The highest BCUT2D eigenvalue weighted by atomic mass is 35.5. The SMILES string of the molecule is Cc1ccc(-c2nc(CCNC(=O)C3(n4cccn4)CCNCC3)co2)cc1.Cl. The third kappa shape index (κ3) is 4.52. The molecule has 3 aromatic rings. The molecule has 0 spiro atoms. The first-order valence-corrected chi connectivity index (χ1v) is 9.68. The number of nitrogens with zero attached hydrogens (tertiary/aromatic N) is 3. The topological polar surface area (TPSA) is 85.0 Å². The molecular weight excluding hydrogens is 390 g/mol. The van der Waals surface area contributed by atoms with Crippen LogP contribution in [0.1, 0.15) is 24.1 Å². The first kappa shape index (κ1) is 21.1. The Bertz CT molecular complexity index is 915. The molecule has 2 N–H and O–H groups in total. The molecule has 1 aromatic carbocycles. The average molecular weight is 416 g/mol. The van der Waals surface area contributed by atoms with Crippen LogP contribution in [0.15, 0.2) is 53.4 Å². The van der Waals surface area contributed by atoms with Crippen LogP contribution >= 0.6 is 12.4 Å². The van der Waals surface area contributed by atoms with Crippen molar-refractivity contribution >= 4 is 18.3 Å². The van der Waals surface area contributed by atoms with Gasteiger partial charge in [-0.2, -0.15) is 5.10 Å². The van der Waals surface area contributed by atoms with Crippen LogP contribution in [0.4, 0.5) is 0 Å². The molecule has 0 radical (unpaired) electrons. The molecule has 0 saturated carbocycles. The zero-order valence-electron chi connectivity index (χ0n) is 16.4. The van der Waals surface area contributed by atoms with E-state index in [1.54, 1.807) is 17.1 Å². The molecular formula is C21H26ClN5O2. The van der Waals surface area contributed by atoms with Crippen molar-refractivity contribution in [3.05, 3.63) is 60.2 Å². The summed E-state index contributed by atoms with van der Waals surface area (Å²) in [6, 6.07) is 9.93. The van der Waals surface area contributed by atoms with E-state index in [0.29, 0.717) is 18.9 Å². The average Bonchev–Trinajstić information content (AvgIpc) is 3.42. The van der Waals surface area contributed by atoms with Crippen LogP contribution in [0, 0.1) is 6.92 Å². The van der Waals surface area contributed by atoms with Gasteiger partial charge in [-0.15, -0.1) is 12.4 Å². The van der Waals surface area contributed by atoms with Gasteiger partial charge in [-0.25, -0.2) is 4.98 Å². The second kappa shape index (κ2) is 9.24. The molecule has 1 aliphatic rings. The van der Waals surface area contributed by atoms with E-state index in [4.69, 9.17) is 4.42 Å². The smallest absolute Gasteiger partial charge is 0.248 e. The zero-order chi connectivity index (χ0) is 19.4. The van der Waals surface area contributed by atoms with Gasteiger partial charge in [0.25, 0.3) is 0 Å². The molecule has 0 atom stereocenters. The van der Waals surface area contributed by atoms with Gasteiger partial charge >= 0.3 is 0 Å². The predicted molar refractivity (Wildman–Crippen MR) is 113 cm³/mol. The standard InChI is InChI=1S/C21H25N5O2.ClH/c1-16-3-5-17(6-4-16)19-25-18(15-28-19)7-11-23-20(27)21(8-12-22-13-9-21)26-14-2-10-24-26;/h2-6,10,14-15,22H,7-9,11-13H2,1H3,(H,23,27);1H. The minimum Gasteiger partial charge on any atom is -0.444 e. The number of hydrogen-bond acceptors (Lipinski definition) is 5. The maximum absolute atomic E-state index is 13.0. The van der Waals surface area contributed by atoms with Gasteiger partial charge in [0.05, 0.1) is 5.69 Å². The number of aromatic nitrogens is 3. The van der Waals surface area contributed by atoms with Gasteiger partial charge in [0.1, 0.15) is 11.8 Å². The van der Waals surface area contributed by atoms with Gasteiger partial charge in [0.15, 0.2) is 0 Å². The second-order valence-electron chi connectivity index (χ2n) is 7.25. The minimum atomic E-state index is -0.619. The minimum absolute atomic E-state index is 0. The summed E-state index contributed by atoms with van der Waals surface area (Å²) in [5, 5.41) is 10.7. The van der Waals surface area contributed by atoms with Gasteiger partial charge in [0.2, 0.25) is 11.8 Å². The Kier molecular flexibility index (Phi) is 6.71. The Hall–Kier alpha value is -2.64. The van der Waals surface area contributed by atoms with E-state index in [1.807, 2.05) is 43.5 Å². The van der Waals surface area contributed by atoms with E-state index in [1.165, 1.54) is 5.56 Å². The van der Waals surface area contributed by atoms with Crippen LogP contribution in [0.3, 0.4) is 0 Å². The number of carbonyl (C=O) groups is 1. The number of oxazole rings is 1. The largest absolute Gasteiger partial charge is 0.444 e. The molecule has 1 saturated heterocycles. The summed E-state index contributed by atoms with van der Waals surface area (Å²) >= 11 is 0. The molecule has 0 bridgehead atoms. The number of halogens is 1. The Morgan fingerprint density at radius 3 is 2.72 bits per heavy atom. The Labute approximate surface area is 176 Å². The summed E-state index contributed by atoms with van der Waals surface area (Å²) < 4.78 is 7.40. The van der Waals surface area contributed by atoms with Gasteiger partial charge in [-0.05, 0) is 51.1 Å². The molecule has 29 heavy (non-hydrogen) atoms. The van der Waals surface area contributed by atoms with Crippen molar-refractivity contribution in [2.45, 2.75) is 31.7 Å². The molecule has 3 heterocycles. The lowest BCUT2D eigenvalue weighted by Crippen LogP contribution is -2.54. The lowest BCUT2D eigenvalue weighted by Gasteiger charge is -2.36. The van der Waals surface area contributed by atoms with Gasteiger partial charge < -0.3 is 15.1 Å². The summed E-state index contributed by atoms with van der Waals surface area (Å²) in [5.74, 6) is 0.618. The van der Waals surface area contributed by atoms with E-state index in [2.05, 4.69) is 20.7 Å². The number of amides is 1. The first-order valence-electron chi connectivity index (χ1n) is 9.68. The van der Waals surface area contributed by atoms with E-state index >= 15 is 0 Å². The first-order chi connectivity index (χ1) is 13.7. The third-order valence-electron chi connectivity index (χ3n) is 5.31. The van der Waals surface area contributed by atoms with Crippen LogP contribution in [-0.2, 0) is 16.8 Å². The summed E-state index contributed by atoms with van der Waals surface area (Å²) in [6.07, 6.45) is 7.32. The number of nitrogens with one attached hydrogen (secondary N) is 2. The van der Waals surface area contributed by atoms with Crippen LogP contribution in [0.5, 0.6) is 0 Å². The summed E-state index contributed by atoms with van der Waals surface area (Å²) in [6.45, 7) is 4.16. The lowest BCUT2D eigenvalue weighted by atomic mass is 9.87. The summed E-state index contributed by atoms with van der Waals surface area (Å²) in [7, 11) is 0. The van der Waals surface area contributed by atoms with Crippen LogP contribution in [-0.4, -0.2) is 40.3 Å². The van der Waals surface area contributed by atoms with Crippen molar-refractivity contribution in [2.24, 2.45) is 0 Å². The van der Waals surface area contributed by atoms with Crippen molar-refractivity contribution in [2.75, 3.05) is 19.6 Å². The number of benzene rings is 1. The fraction of sp³-hybridized carbons (Fsp3) is 0.381. The molecule has 0 aliphatic carbocycles. The maximum atomic E-state index is 13.0. The third-order valence-corrected chi connectivity index (χ3v) is 5.31. The monoisotopic (exact) mass is 415 g/mol. The molecule has 0 unspecified atom stereocenters. The molecule has 2 aromatic heterocycles. The number of rotatable bonds is 6. The fourth-order valence-electron chi connectivity index (χ4n) is 3.64. The molecule has 154 valence electrons. The molecule has 8 heteroatoms. The lowest BCUT2D eigenvalue weighted by molar-refractivity contribution is -0.131. The van der Waals surface area contributed by atoms with Crippen molar-refractivity contribution in [1.29, 1.82) is 0 Å². The molecule has 4 rings (SSSR count). The normalized spacial score (nSPS) is 15.5. The van der Waals surface area contributed by atoms with E-state index in [0.717, 1.165) is 37.2 Å². The van der Waals surface area contributed by atoms with Crippen LogP contribution in [0.2, 0.25) is 0 Å². The fourth-order valence-corrected chi connectivity index (χ4v) is 3.64. The van der Waals surface area contributed by atoms with Crippen molar-refractivity contribution in [3.63, 3.8) is 0 Å². The van der Waals surface area contributed by atoms with E-state index in [-0.39, 0.29) is 18.3 Å². The zero-order valence-corrected chi connectivity index (χ0v) is 17.2. The summed E-state index contributed by atoms with van der Waals surface area (Å²) in [5.41, 5.74) is 2.36. The van der Waals surface area contributed by atoms with E-state index < -0.39 is 5.54 Å². The van der Waals surface area contributed by atoms with Gasteiger partial charge in [-0.3, -0.25) is 9.48 Å². The number of hydrogen-bond donors (Lipinski definition) is 2. The highest BCUT2D eigenvalue weighted by Gasteiger charge is 2.41. The van der Waals surface area contributed by atoms with Gasteiger partial charge in [-0.1, -0.05) is 17.7 Å². The quantitative estimate of drug-likeness (QED) is 0.646. The van der Waals surface area contributed by atoms with Crippen molar-refractivity contribution in [3.8, 4) is 11.5 Å². The number of aryl methyl sites for hydroxylation is 1. The number of carbonyl (C=O) groups excluding carboxylic acids is 1. The van der Waals surface area contributed by atoms with E-state index in [9.17, 15) is 4.79 Å². The highest BCUT2D eigenvalue weighted by Crippen LogP contribution is 2.27. The molecule has 1 fully saturated rings. The van der Waals surface area contributed by atoms with Gasteiger partial charge in [0, 0.05) is 30.9 Å². The Morgan fingerprint density at radius 1 is 1.28 bits per heavy atom.